The minimum atomic E-state index is -0.924. The Labute approximate surface area is 114 Å². The lowest BCUT2D eigenvalue weighted by Gasteiger charge is -2.35. The molecular weight excluding hydrogens is 282 g/mol. The van der Waals surface area contributed by atoms with E-state index < -0.39 is 17.5 Å². The highest BCUT2D eigenvalue weighted by atomic mass is 35.5. The summed E-state index contributed by atoms with van der Waals surface area (Å²) in [4.78, 5) is 11.5. The summed E-state index contributed by atoms with van der Waals surface area (Å²) in [6.45, 7) is 1.09. The summed E-state index contributed by atoms with van der Waals surface area (Å²) in [6, 6.07) is 3.03. The van der Waals surface area contributed by atoms with Crippen LogP contribution in [-0.4, -0.2) is 19.2 Å². The Balaban J connectivity index is 0.00000120. The van der Waals surface area contributed by atoms with Crippen molar-refractivity contribution in [3.8, 4) is 0 Å². The first kappa shape index (κ1) is 13.4. The van der Waals surface area contributed by atoms with Gasteiger partial charge in [0, 0.05) is 13.0 Å². The molecule has 0 saturated carbocycles. The van der Waals surface area contributed by atoms with Crippen LogP contribution in [0.25, 0.3) is 0 Å². The van der Waals surface area contributed by atoms with E-state index in [9.17, 15) is 9.18 Å². The molecule has 1 fully saturated rings. The number of ether oxygens (including phenoxy) is 1. The van der Waals surface area contributed by atoms with E-state index in [1.807, 2.05) is 0 Å². The Morgan fingerprint density at radius 1 is 1.44 bits per heavy atom. The van der Waals surface area contributed by atoms with Crippen LogP contribution in [0.2, 0.25) is 5.02 Å². The molecular formula is C11H11Cl2FN2O2. The number of amides is 1. The lowest BCUT2D eigenvalue weighted by Crippen LogP contribution is -2.42. The van der Waals surface area contributed by atoms with E-state index in [2.05, 4.69) is 10.6 Å². The number of hydrogen-bond acceptors (Lipinski definition) is 3. The average Bonchev–Trinajstić information content (AvgIpc) is 2.72. The van der Waals surface area contributed by atoms with Crippen LogP contribution in [0.3, 0.4) is 0 Å². The second-order valence-electron chi connectivity index (χ2n) is 4.22. The summed E-state index contributed by atoms with van der Waals surface area (Å²) in [5.74, 6) is -0.520. The summed E-state index contributed by atoms with van der Waals surface area (Å²) in [7, 11) is 0. The lowest BCUT2D eigenvalue weighted by molar-refractivity contribution is 0.0250. The number of halogens is 3. The molecule has 2 heterocycles. The number of carbonyl (C=O) groups is 1. The van der Waals surface area contributed by atoms with Crippen LogP contribution in [0.4, 0.5) is 14.9 Å². The predicted molar refractivity (Wildman–Crippen MR) is 67.9 cm³/mol. The smallest absolute Gasteiger partial charge is 0.412 e. The Morgan fingerprint density at radius 3 is 2.89 bits per heavy atom. The number of carbonyl (C=O) groups excluding carboxylic acids is 1. The minimum absolute atomic E-state index is 0. The molecule has 7 heteroatoms. The van der Waals surface area contributed by atoms with Gasteiger partial charge in [-0.05, 0) is 18.7 Å². The van der Waals surface area contributed by atoms with Crippen molar-refractivity contribution in [2.24, 2.45) is 0 Å². The lowest BCUT2D eigenvalue weighted by atomic mass is 9.89. The summed E-state index contributed by atoms with van der Waals surface area (Å²) >= 11 is 5.78. The van der Waals surface area contributed by atoms with Crippen LogP contribution in [-0.2, 0) is 10.3 Å². The first-order chi connectivity index (χ1) is 8.12. The zero-order valence-corrected chi connectivity index (χ0v) is 10.8. The molecule has 0 aromatic heterocycles. The van der Waals surface area contributed by atoms with Crippen LogP contribution in [0.15, 0.2) is 12.1 Å². The maximum absolute atomic E-state index is 14.1. The van der Waals surface area contributed by atoms with Crippen LogP contribution in [0.1, 0.15) is 12.0 Å². The molecule has 4 nitrogen and oxygen atoms in total. The monoisotopic (exact) mass is 292 g/mol. The Morgan fingerprint density at radius 2 is 2.22 bits per heavy atom. The molecule has 0 bridgehead atoms. The molecule has 2 aliphatic heterocycles. The third-order valence-corrected chi connectivity index (χ3v) is 3.48. The van der Waals surface area contributed by atoms with Gasteiger partial charge in [0.1, 0.15) is 0 Å². The zero-order chi connectivity index (χ0) is 12.0. The predicted octanol–water partition coefficient (Wildman–Crippen LogP) is 2.65. The van der Waals surface area contributed by atoms with E-state index in [1.165, 1.54) is 6.07 Å². The second-order valence-corrected chi connectivity index (χ2v) is 4.63. The molecule has 1 spiro atoms. The molecule has 98 valence electrons. The van der Waals surface area contributed by atoms with Gasteiger partial charge in [0.2, 0.25) is 0 Å². The molecule has 1 aromatic rings. The van der Waals surface area contributed by atoms with E-state index in [0.29, 0.717) is 30.8 Å². The van der Waals surface area contributed by atoms with Crippen LogP contribution >= 0.6 is 24.0 Å². The van der Waals surface area contributed by atoms with Crippen molar-refractivity contribution in [3.05, 3.63) is 28.5 Å². The van der Waals surface area contributed by atoms with E-state index in [4.69, 9.17) is 16.3 Å². The first-order valence-electron chi connectivity index (χ1n) is 5.32. The molecule has 0 radical (unpaired) electrons. The van der Waals surface area contributed by atoms with Crippen LogP contribution in [0.5, 0.6) is 0 Å². The maximum atomic E-state index is 14.1. The standard InChI is InChI=1S/C11H10ClFN2O2.ClH/c12-6-1-2-7-8(9(6)13)11(3-4-14-5-11)17-10(16)15-7;/h1-2,14H,3-5H2,(H,15,16);1H/t11-;/m1./s1. The number of nitrogens with one attached hydrogen (secondary N) is 2. The summed E-state index contributed by atoms with van der Waals surface area (Å²) in [5.41, 5.74) is -0.145. The van der Waals surface area contributed by atoms with Gasteiger partial charge in [-0.2, -0.15) is 0 Å². The van der Waals surface area contributed by atoms with Crippen molar-refractivity contribution >= 4 is 35.8 Å². The van der Waals surface area contributed by atoms with E-state index >= 15 is 0 Å². The fourth-order valence-corrected chi connectivity index (χ4v) is 2.59. The molecule has 2 aliphatic rings. The summed E-state index contributed by atoms with van der Waals surface area (Å²) in [5, 5.41) is 5.60. The molecule has 1 aromatic carbocycles. The van der Waals surface area contributed by atoms with Gasteiger partial charge in [-0.15, -0.1) is 12.4 Å². The highest BCUT2D eigenvalue weighted by molar-refractivity contribution is 6.31. The highest BCUT2D eigenvalue weighted by Crippen LogP contribution is 2.43. The van der Waals surface area contributed by atoms with Gasteiger partial charge in [-0.25, -0.2) is 9.18 Å². The van der Waals surface area contributed by atoms with Crippen LogP contribution < -0.4 is 10.6 Å². The van der Waals surface area contributed by atoms with Gasteiger partial charge in [0.25, 0.3) is 0 Å². The zero-order valence-electron chi connectivity index (χ0n) is 9.26. The second kappa shape index (κ2) is 4.57. The largest absolute Gasteiger partial charge is 0.436 e. The van der Waals surface area contributed by atoms with E-state index in [1.54, 1.807) is 6.07 Å². The molecule has 1 amide bonds. The molecule has 1 saturated heterocycles. The SMILES string of the molecule is Cl.O=C1Nc2ccc(Cl)c(F)c2[C@]2(CCNC2)O1. The van der Waals surface area contributed by atoms with Crippen molar-refractivity contribution in [2.45, 2.75) is 12.0 Å². The molecule has 1 atom stereocenters. The molecule has 0 unspecified atom stereocenters. The van der Waals surface area contributed by atoms with Crippen molar-refractivity contribution < 1.29 is 13.9 Å². The topological polar surface area (TPSA) is 50.4 Å². The van der Waals surface area contributed by atoms with Gasteiger partial charge in [0.05, 0.1) is 16.3 Å². The van der Waals surface area contributed by atoms with Gasteiger partial charge in [-0.1, -0.05) is 11.6 Å². The fourth-order valence-electron chi connectivity index (χ4n) is 2.43. The third-order valence-electron chi connectivity index (χ3n) is 3.19. The number of fused-ring (bicyclic) bond motifs is 2. The van der Waals surface area contributed by atoms with Crippen molar-refractivity contribution in [3.63, 3.8) is 0 Å². The van der Waals surface area contributed by atoms with Gasteiger partial charge < -0.3 is 10.1 Å². The van der Waals surface area contributed by atoms with Gasteiger partial charge >= 0.3 is 6.09 Å². The Hall–Kier alpha value is -1.04. The maximum Gasteiger partial charge on any atom is 0.412 e. The summed E-state index contributed by atoms with van der Waals surface area (Å²) in [6.07, 6.45) is -0.00654. The Kier molecular flexibility index (Phi) is 3.40. The molecule has 18 heavy (non-hydrogen) atoms. The summed E-state index contributed by atoms with van der Waals surface area (Å²) < 4.78 is 19.4. The normalized spacial score (nSPS) is 25.1. The van der Waals surface area contributed by atoms with Crippen molar-refractivity contribution in [1.29, 1.82) is 0 Å². The quantitative estimate of drug-likeness (QED) is 0.773. The number of rotatable bonds is 0. The number of benzene rings is 1. The number of hydrogen-bond donors (Lipinski definition) is 2. The molecule has 0 aliphatic carbocycles. The minimum Gasteiger partial charge on any atom is -0.436 e. The van der Waals surface area contributed by atoms with Crippen LogP contribution in [0, 0.1) is 5.82 Å². The van der Waals surface area contributed by atoms with E-state index in [0.717, 1.165) is 0 Å². The molecule has 3 rings (SSSR count). The number of anilines is 1. The van der Waals surface area contributed by atoms with Gasteiger partial charge in [-0.3, -0.25) is 5.32 Å². The third kappa shape index (κ3) is 1.83. The first-order valence-corrected chi connectivity index (χ1v) is 5.69. The van der Waals surface area contributed by atoms with Crippen molar-refractivity contribution in [2.75, 3.05) is 18.4 Å². The molecule has 2 N–H and O–H groups in total. The van der Waals surface area contributed by atoms with Crippen molar-refractivity contribution in [1.82, 2.24) is 5.32 Å². The Bertz CT molecular complexity index is 504. The average molecular weight is 293 g/mol. The van der Waals surface area contributed by atoms with Gasteiger partial charge in [0.15, 0.2) is 11.4 Å². The fraction of sp³-hybridized carbons (Fsp3) is 0.364. The van der Waals surface area contributed by atoms with E-state index in [-0.39, 0.29) is 17.4 Å². The highest BCUT2D eigenvalue weighted by Gasteiger charge is 2.46.